The van der Waals surface area contributed by atoms with Crippen LogP contribution in [0.5, 0.6) is 0 Å². The van der Waals surface area contributed by atoms with Gasteiger partial charge >= 0.3 is 17.9 Å². The summed E-state index contributed by atoms with van der Waals surface area (Å²) in [6.07, 6.45) is 58.4. The lowest BCUT2D eigenvalue weighted by atomic mass is 10.0. The third-order valence-corrected chi connectivity index (χ3v) is 14.0. The zero-order valence-corrected chi connectivity index (χ0v) is 46.0. The van der Waals surface area contributed by atoms with E-state index >= 15 is 0 Å². The topological polar surface area (TPSA) is 78.9 Å². The van der Waals surface area contributed by atoms with Crippen molar-refractivity contribution < 1.29 is 28.6 Å². The predicted molar refractivity (Wildman–Crippen MR) is 289 cm³/mol. The van der Waals surface area contributed by atoms with Crippen LogP contribution in [0.1, 0.15) is 343 Å². The van der Waals surface area contributed by atoms with E-state index in [1.54, 1.807) is 0 Å². The van der Waals surface area contributed by atoms with Gasteiger partial charge in [-0.2, -0.15) is 0 Å². The third-order valence-electron chi connectivity index (χ3n) is 14.0. The van der Waals surface area contributed by atoms with Gasteiger partial charge < -0.3 is 14.2 Å². The maximum atomic E-state index is 12.9. The van der Waals surface area contributed by atoms with Crippen molar-refractivity contribution in [1.82, 2.24) is 0 Å². The molecule has 0 N–H and O–H groups in total. The van der Waals surface area contributed by atoms with Crippen LogP contribution in [0.4, 0.5) is 0 Å². The van der Waals surface area contributed by atoms with Gasteiger partial charge in [0.15, 0.2) is 6.10 Å². The minimum atomic E-state index is -0.763. The quantitative estimate of drug-likeness (QED) is 0.0343. The van der Waals surface area contributed by atoms with Crippen LogP contribution in [0.25, 0.3) is 0 Å². The molecule has 0 aromatic carbocycles. The molecule has 0 fully saturated rings. The zero-order valence-electron chi connectivity index (χ0n) is 46.0. The Balaban J connectivity index is 4.17. The molecule has 0 bridgehead atoms. The Bertz CT molecular complexity index is 1020. The fourth-order valence-corrected chi connectivity index (χ4v) is 9.40. The largest absolute Gasteiger partial charge is 0.462 e. The van der Waals surface area contributed by atoms with Gasteiger partial charge in [0.1, 0.15) is 13.2 Å². The highest BCUT2D eigenvalue weighted by atomic mass is 16.6. The molecule has 0 aromatic rings. The van der Waals surface area contributed by atoms with E-state index in [0.29, 0.717) is 19.3 Å². The first-order valence-electron chi connectivity index (χ1n) is 30.2. The molecule has 6 nitrogen and oxygen atoms in total. The molecule has 0 aliphatic carbocycles. The molecule has 1 atom stereocenters. The summed E-state index contributed by atoms with van der Waals surface area (Å²) in [5.41, 5.74) is 0. The minimum absolute atomic E-state index is 0.0634. The van der Waals surface area contributed by atoms with Gasteiger partial charge in [0.2, 0.25) is 0 Å². The maximum absolute atomic E-state index is 12.9. The van der Waals surface area contributed by atoms with Gasteiger partial charge in [-0.25, -0.2) is 0 Å². The van der Waals surface area contributed by atoms with Crippen LogP contribution in [0.3, 0.4) is 0 Å². The summed E-state index contributed by atoms with van der Waals surface area (Å²) in [5.74, 6) is 0.779. The highest BCUT2D eigenvalue weighted by Crippen LogP contribution is 2.19. The van der Waals surface area contributed by atoms with E-state index in [-0.39, 0.29) is 31.1 Å². The van der Waals surface area contributed by atoms with Crippen molar-refractivity contribution in [3.63, 3.8) is 0 Å². The molecule has 0 heterocycles. The number of carbonyl (C=O) groups is 3. The van der Waals surface area contributed by atoms with E-state index < -0.39 is 6.10 Å². The second-order valence-corrected chi connectivity index (χ2v) is 21.9. The average molecular weight is 948 g/mol. The normalized spacial score (nSPS) is 12.0. The second kappa shape index (κ2) is 53.8. The third kappa shape index (κ3) is 55.2. The molecule has 0 saturated carbocycles. The van der Waals surface area contributed by atoms with Crippen LogP contribution in [-0.4, -0.2) is 37.2 Å². The Morgan fingerprint density at radius 1 is 0.284 bits per heavy atom. The summed E-state index contributed by atoms with van der Waals surface area (Å²) in [6.45, 7) is 11.4. The van der Waals surface area contributed by atoms with E-state index in [4.69, 9.17) is 14.2 Å². The highest BCUT2D eigenvalue weighted by molar-refractivity contribution is 5.71. The van der Waals surface area contributed by atoms with Crippen LogP contribution >= 0.6 is 0 Å². The highest BCUT2D eigenvalue weighted by Gasteiger charge is 2.19. The molecule has 0 aromatic heterocycles. The molecule has 0 rings (SSSR count). The SMILES string of the molecule is CCCCCCCCCCCCCCCCCCCCCC(=O)O[C@H](COC(=O)CCCCCCCCCCCCCCCCCCCCC(C)C)COC(=O)CCCCCCCCC(C)C. The Morgan fingerprint density at radius 3 is 0.731 bits per heavy atom. The first-order chi connectivity index (χ1) is 32.7. The number of ether oxygens (including phenoxy) is 3. The summed E-state index contributed by atoms with van der Waals surface area (Å²) in [5, 5.41) is 0. The van der Waals surface area contributed by atoms with Crippen LogP contribution < -0.4 is 0 Å². The van der Waals surface area contributed by atoms with E-state index in [2.05, 4.69) is 34.6 Å². The smallest absolute Gasteiger partial charge is 0.306 e. The number of unbranched alkanes of at least 4 members (excludes halogenated alkanes) is 40. The number of hydrogen-bond donors (Lipinski definition) is 0. The Hall–Kier alpha value is -1.59. The van der Waals surface area contributed by atoms with Crippen LogP contribution in [0, 0.1) is 11.8 Å². The molecule has 0 spiro atoms. The monoisotopic (exact) mass is 947 g/mol. The van der Waals surface area contributed by atoms with Crippen molar-refractivity contribution in [2.24, 2.45) is 11.8 Å². The van der Waals surface area contributed by atoms with Gasteiger partial charge in [0.25, 0.3) is 0 Å². The van der Waals surface area contributed by atoms with Crippen LogP contribution in [-0.2, 0) is 28.6 Å². The Labute approximate surface area is 418 Å². The minimum Gasteiger partial charge on any atom is -0.462 e. The molecular weight excluding hydrogens is 829 g/mol. The number of carbonyl (C=O) groups excluding carboxylic acids is 3. The van der Waals surface area contributed by atoms with Crippen LogP contribution in [0.15, 0.2) is 0 Å². The molecule has 0 unspecified atom stereocenters. The zero-order chi connectivity index (χ0) is 48.9. The van der Waals surface area contributed by atoms with Crippen molar-refractivity contribution in [1.29, 1.82) is 0 Å². The van der Waals surface area contributed by atoms with Crippen molar-refractivity contribution in [2.45, 2.75) is 349 Å². The van der Waals surface area contributed by atoms with Gasteiger partial charge in [0, 0.05) is 19.3 Å². The summed E-state index contributed by atoms with van der Waals surface area (Å²) in [7, 11) is 0. The molecular formula is C61H118O6. The van der Waals surface area contributed by atoms with E-state index in [1.807, 2.05) is 0 Å². The summed E-state index contributed by atoms with van der Waals surface area (Å²) < 4.78 is 16.9. The number of rotatable bonds is 55. The number of hydrogen-bond acceptors (Lipinski definition) is 6. The van der Waals surface area contributed by atoms with E-state index in [1.165, 1.54) is 231 Å². The standard InChI is InChI=1S/C61H118O6/c1-6-7-8-9-10-11-12-13-14-15-16-21-24-27-30-33-36-43-48-53-61(64)67-58(55-66-60(63)52-47-42-38-37-40-45-50-57(4)5)54-65-59(62)51-46-41-35-32-29-26-23-20-18-17-19-22-25-28-31-34-39-44-49-56(2)3/h56-58H,6-55H2,1-5H3/t58-/m1/s1. The fourth-order valence-electron chi connectivity index (χ4n) is 9.40. The lowest BCUT2D eigenvalue weighted by Gasteiger charge is -2.18. The first kappa shape index (κ1) is 65.4. The van der Waals surface area contributed by atoms with Crippen LogP contribution in [0.2, 0.25) is 0 Å². The molecule has 67 heavy (non-hydrogen) atoms. The predicted octanol–water partition coefficient (Wildman–Crippen LogP) is 20.0. The van der Waals surface area contributed by atoms with Crippen molar-refractivity contribution in [3.05, 3.63) is 0 Å². The van der Waals surface area contributed by atoms with Gasteiger partial charge in [-0.15, -0.1) is 0 Å². The van der Waals surface area contributed by atoms with Gasteiger partial charge in [-0.05, 0) is 31.1 Å². The van der Waals surface area contributed by atoms with E-state index in [0.717, 1.165) is 69.6 Å². The summed E-state index contributed by atoms with van der Waals surface area (Å²) in [6, 6.07) is 0. The molecule has 0 aliphatic heterocycles. The van der Waals surface area contributed by atoms with Gasteiger partial charge in [0.05, 0.1) is 0 Å². The molecule has 0 saturated heterocycles. The van der Waals surface area contributed by atoms with Crippen molar-refractivity contribution in [2.75, 3.05) is 13.2 Å². The fraction of sp³-hybridized carbons (Fsp3) is 0.951. The molecule has 0 radical (unpaired) electrons. The van der Waals surface area contributed by atoms with Gasteiger partial charge in [-0.1, -0.05) is 304 Å². The lowest BCUT2D eigenvalue weighted by Crippen LogP contribution is -2.30. The Kier molecular flexibility index (Phi) is 52.5. The first-order valence-corrected chi connectivity index (χ1v) is 30.2. The molecule has 398 valence electrons. The Morgan fingerprint density at radius 2 is 0.493 bits per heavy atom. The molecule has 6 heteroatoms. The number of esters is 3. The van der Waals surface area contributed by atoms with Crippen molar-refractivity contribution in [3.8, 4) is 0 Å². The lowest BCUT2D eigenvalue weighted by molar-refractivity contribution is -0.167. The van der Waals surface area contributed by atoms with Gasteiger partial charge in [-0.3, -0.25) is 14.4 Å². The maximum Gasteiger partial charge on any atom is 0.306 e. The summed E-state index contributed by atoms with van der Waals surface area (Å²) in [4.78, 5) is 38.1. The summed E-state index contributed by atoms with van der Waals surface area (Å²) >= 11 is 0. The average Bonchev–Trinajstić information content (AvgIpc) is 3.30. The second-order valence-electron chi connectivity index (χ2n) is 21.9. The van der Waals surface area contributed by atoms with E-state index in [9.17, 15) is 14.4 Å². The van der Waals surface area contributed by atoms with Crippen molar-refractivity contribution >= 4 is 17.9 Å². The molecule has 0 aliphatic rings. The molecule has 0 amide bonds.